The third kappa shape index (κ3) is 28.9. The summed E-state index contributed by atoms with van der Waals surface area (Å²) < 4.78 is 28.6. The molecule has 2 bridgehead atoms. The maximum absolute atomic E-state index is 12.3. The molecular formula is C104H150ClN29O9. The van der Waals surface area contributed by atoms with Crippen molar-refractivity contribution in [2.45, 2.75) is 172 Å². The third-order valence-electron chi connectivity index (χ3n) is 27.4. The van der Waals surface area contributed by atoms with Crippen molar-refractivity contribution in [3.63, 3.8) is 0 Å². The molecule has 7 aliphatic rings. The number of amides is 4. The highest BCUT2D eigenvalue weighted by Gasteiger charge is 2.41. The summed E-state index contributed by atoms with van der Waals surface area (Å²) in [6.45, 7) is 35.8. The first-order chi connectivity index (χ1) is 68.6. The maximum Gasteiger partial charge on any atom is 0.247 e. The molecule has 5 atom stereocenters. The van der Waals surface area contributed by atoms with Gasteiger partial charge < -0.3 is 125 Å². The molecule has 4 amide bonds. The number of benzene rings is 4. The van der Waals surface area contributed by atoms with Gasteiger partial charge in [0.05, 0.1) is 122 Å². The molecule has 0 radical (unpaired) electrons. The predicted molar refractivity (Wildman–Crippen MR) is 580 cm³/mol. The second kappa shape index (κ2) is 51.2. The molecule has 8 aromatic rings. The molecule has 39 heteroatoms. The number of nitrogens with zero attached hydrogens (tertiary/aromatic N) is 21. The minimum absolute atomic E-state index is 0.0470. The Morgan fingerprint density at radius 1 is 0.469 bits per heavy atom. The van der Waals surface area contributed by atoms with E-state index in [0.717, 1.165) is 177 Å². The Labute approximate surface area is 849 Å². The van der Waals surface area contributed by atoms with Crippen LogP contribution in [0, 0.1) is 0 Å². The van der Waals surface area contributed by atoms with Crippen molar-refractivity contribution in [1.82, 2.24) is 64.5 Å². The molecule has 8 N–H and O–H groups in total. The average molecular weight is 1990 g/mol. The number of methoxy groups -OCH3 is 4. The number of hydrogen-bond acceptors (Lipinski definition) is 34. The van der Waals surface area contributed by atoms with Gasteiger partial charge in [-0.25, -0.2) is 24.9 Å². The summed E-state index contributed by atoms with van der Waals surface area (Å²) in [5.41, 5.74) is 8.81. The molecule has 772 valence electrons. The predicted octanol–water partition coefficient (Wildman–Crippen LogP) is 15.4. The molecule has 4 aromatic heterocycles. The van der Waals surface area contributed by atoms with E-state index in [2.05, 4.69) is 220 Å². The van der Waals surface area contributed by atoms with E-state index in [1.54, 1.807) is 47.0 Å². The molecule has 7 aliphatic heterocycles. The van der Waals surface area contributed by atoms with Gasteiger partial charge in [-0.15, -0.1) is 0 Å². The number of ether oxygens (including phenoxy) is 5. The Morgan fingerprint density at radius 3 is 1.32 bits per heavy atom. The number of carbonyl (C=O) groups is 4. The number of rotatable bonds is 36. The summed E-state index contributed by atoms with van der Waals surface area (Å²) in [5.74, 6) is 6.32. The second-order valence-electron chi connectivity index (χ2n) is 38.8. The summed E-state index contributed by atoms with van der Waals surface area (Å²) in [6, 6.07) is 21.7. The highest BCUT2D eigenvalue weighted by molar-refractivity contribution is 6.33. The molecule has 11 heterocycles. The molecule has 15 rings (SSSR count). The lowest BCUT2D eigenvalue weighted by Gasteiger charge is -2.43. The van der Waals surface area contributed by atoms with E-state index in [9.17, 15) is 19.2 Å². The van der Waals surface area contributed by atoms with Gasteiger partial charge in [0, 0.05) is 158 Å². The first kappa shape index (κ1) is 109. The molecule has 4 aromatic carbocycles. The number of aromatic nitrogens is 9. The Balaban J connectivity index is 0.000000170. The normalized spacial score (nSPS) is 18.3. The summed E-state index contributed by atoms with van der Waals surface area (Å²) in [4.78, 5) is 117. The number of morpholine rings is 1. The summed E-state index contributed by atoms with van der Waals surface area (Å²) in [5, 5.41) is 25.4. The zero-order chi connectivity index (χ0) is 103. The molecule has 7 fully saturated rings. The van der Waals surface area contributed by atoms with Crippen molar-refractivity contribution in [2.75, 3.05) is 259 Å². The average Bonchev–Trinajstić information content (AvgIpc) is 1.60. The summed E-state index contributed by atoms with van der Waals surface area (Å²) in [6.07, 6.45) is 27.7. The summed E-state index contributed by atoms with van der Waals surface area (Å²) in [7, 11) is 27.1. The number of likely N-dealkylation sites (N-methyl/N-ethyl adjacent to an activating group) is 4. The highest BCUT2D eigenvalue weighted by Crippen LogP contribution is 2.46. The van der Waals surface area contributed by atoms with Gasteiger partial charge in [0.25, 0.3) is 0 Å². The number of hydrogen-bond donors (Lipinski definition) is 8. The van der Waals surface area contributed by atoms with Gasteiger partial charge in [0.2, 0.25) is 53.4 Å². The Hall–Kier alpha value is -13.1. The lowest BCUT2D eigenvalue weighted by Crippen LogP contribution is -2.48. The van der Waals surface area contributed by atoms with Crippen LogP contribution in [-0.4, -0.2) is 313 Å². The van der Waals surface area contributed by atoms with Gasteiger partial charge in [-0.3, -0.25) is 19.2 Å². The maximum atomic E-state index is 12.3. The van der Waals surface area contributed by atoms with Gasteiger partial charge in [-0.05, 0) is 242 Å². The SMILES string of the molecule is C=CC(=O)Nc1cc(Nc2ncc(Cl)c(N3C[C@@H]4C[C@H]3CO4)n2)c(OC)cc1N(C)CCN(C)C.C=CC(=O)Nc1cc(Nc2nccc(N3C(C)CCCC3C)n2)c(OC)cc1N1CCC(N(C)C)CC1.C=CC(=O)Nc1cc(Nc2nccc(N3CCCCC3(C)C)n2)c(OC)cc1N1CCC(N(C)C)CC1.C=CC(=O)Nc1cc(Nc2ncnc(N3CCCCC3C)n2)c(OC)cc1N(C)CCN(C)C. The first-order valence-electron chi connectivity index (χ1n) is 49.5. The number of halogens is 1. The topological polar surface area (TPSA) is 366 Å². The first-order valence-corrected chi connectivity index (χ1v) is 49.8. The fraction of sp³-hybridized carbons (Fsp3) is 0.510. The quantitative estimate of drug-likeness (QED) is 0.0169. The largest absolute Gasteiger partial charge is 0.494 e. The van der Waals surface area contributed by atoms with Crippen molar-refractivity contribution in [1.29, 1.82) is 0 Å². The number of carbonyl (C=O) groups excluding carboxylic acids is 4. The molecule has 7 saturated heterocycles. The number of piperidine rings is 5. The number of nitrogens with one attached hydrogen (secondary N) is 8. The van der Waals surface area contributed by atoms with E-state index in [1.165, 1.54) is 49.9 Å². The van der Waals surface area contributed by atoms with Crippen molar-refractivity contribution >= 4 is 151 Å². The van der Waals surface area contributed by atoms with Crippen molar-refractivity contribution in [3.8, 4) is 23.0 Å². The molecule has 0 aliphatic carbocycles. The molecular weight excluding hydrogens is 1830 g/mol. The van der Waals surface area contributed by atoms with Gasteiger partial charge in [0.15, 0.2) is 5.82 Å². The van der Waals surface area contributed by atoms with E-state index >= 15 is 0 Å². The van der Waals surface area contributed by atoms with Crippen LogP contribution in [0.1, 0.15) is 125 Å². The lowest BCUT2D eigenvalue weighted by molar-refractivity contribution is -0.112. The van der Waals surface area contributed by atoms with Crippen LogP contribution in [0.25, 0.3) is 0 Å². The number of anilines is 20. The minimum atomic E-state index is -0.306. The van der Waals surface area contributed by atoms with Gasteiger partial charge >= 0.3 is 0 Å². The summed E-state index contributed by atoms with van der Waals surface area (Å²) >= 11 is 6.46. The van der Waals surface area contributed by atoms with Crippen LogP contribution < -0.4 is 101 Å². The third-order valence-corrected chi connectivity index (χ3v) is 27.6. The number of fused-ring (bicyclic) bond motifs is 2. The molecule has 0 spiro atoms. The van der Waals surface area contributed by atoms with Crippen molar-refractivity contribution in [2.24, 2.45) is 0 Å². The molecule has 143 heavy (non-hydrogen) atoms. The van der Waals surface area contributed by atoms with E-state index in [0.29, 0.717) is 146 Å². The fourth-order valence-corrected chi connectivity index (χ4v) is 19.3. The van der Waals surface area contributed by atoms with Crippen LogP contribution in [0.5, 0.6) is 23.0 Å². The minimum Gasteiger partial charge on any atom is -0.494 e. The second-order valence-corrected chi connectivity index (χ2v) is 39.2. The Kier molecular flexibility index (Phi) is 38.9. The smallest absolute Gasteiger partial charge is 0.247 e. The van der Waals surface area contributed by atoms with Crippen molar-refractivity contribution < 1.29 is 42.9 Å². The van der Waals surface area contributed by atoms with Crippen LogP contribution in [0.2, 0.25) is 5.02 Å². The molecule has 38 nitrogen and oxygen atoms in total. The zero-order valence-electron chi connectivity index (χ0n) is 87.1. The van der Waals surface area contributed by atoms with Gasteiger partial charge in [0.1, 0.15) is 46.0 Å². The van der Waals surface area contributed by atoms with E-state index in [1.807, 2.05) is 103 Å². The van der Waals surface area contributed by atoms with Crippen molar-refractivity contribution in [3.05, 3.63) is 141 Å². The van der Waals surface area contributed by atoms with Crippen LogP contribution >= 0.6 is 11.6 Å². The van der Waals surface area contributed by atoms with E-state index in [4.69, 9.17) is 50.2 Å². The fourth-order valence-electron chi connectivity index (χ4n) is 19.1. The lowest BCUT2D eigenvalue weighted by atomic mass is 9.90. The van der Waals surface area contributed by atoms with Crippen LogP contribution in [0.3, 0.4) is 0 Å². The van der Waals surface area contributed by atoms with Gasteiger partial charge in [-0.1, -0.05) is 37.9 Å². The van der Waals surface area contributed by atoms with Gasteiger partial charge in [-0.2, -0.15) is 19.9 Å². The van der Waals surface area contributed by atoms with Crippen LogP contribution in [-0.2, 0) is 23.9 Å². The molecule has 0 saturated carbocycles. The Bertz CT molecular complexity index is 5500. The Morgan fingerprint density at radius 2 is 0.895 bits per heavy atom. The van der Waals surface area contributed by atoms with E-state index in [-0.39, 0.29) is 41.3 Å². The monoisotopic (exact) mass is 1980 g/mol. The zero-order valence-corrected chi connectivity index (χ0v) is 87.8. The van der Waals surface area contributed by atoms with E-state index < -0.39 is 0 Å². The van der Waals surface area contributed by atoms with Crippen LogP contribution in [0.15, 0.2) is 136 Å². The molecule has 3 unspecified atom stereocenters. The van der Waals surface area contributed by atoms with Crippen LogP contribution in [0.4, 0.5) is 115 Å². The standard InChI is InChI=1S/2C28H41N7O2.C24H32ClN7O3.C24H36N8O2/c1-7-26(36)30-21-18-22(24(37-6)19-23(21)34-16-11-20(12-17-34)33(4)5)31-27-29-14-10-25(32-27)35-15-9-8-13-28(35,2)3;1-7-27(36)30-22-17-23(25(37-6)18-24(22)34-15-12-21(13-16-34)33(4)5)31-28-29-14-11-26(32-28)35-19(2)9-8-10-20(35)3;1-6-22(33)27-18-10-19(21(34-5)11-20(18)31(4)8-7-30(2)3)28-24-26-12-17(25)23(29-24)32-13-16-9-15(32)14-35-16;1-7-22(33)27-18-14-19(21(34-6)15-20(18)31(5)13-12-30(3)4)28-23-25-16-26-24(29-23)32-11-9-8-10-17(32)2/h7,10,14,18-20H,1,8-9,11-13,15-17H2,2-6H3,(H,30,36)(H,29,31,32);7,11,14,17-21H,1,8-10,12-13,15-16H2,2-6H3,(H,30,36)(H,29,31,32);6,10-12,15-16H,1,7-9,13-14H2,2-5H3,(H,27,33)(H,26,28,29);7,14-17H,1,8-13H2,2-6H3,(H,27,33)(H,25,26,28,29)/t;;15-,16-;/m..0./s1. The highest BCUT2D eigenvalue weighted by atomic mass is 35.5.